The Balaban J connectivity index is 1.98. The predicted octanol–water partition coefficient (Wildman–Crippen LogP) is 3.53. The number of aliphatic carboxylic acids is 1. The highest BCUT2D eigenvalue weighted by molar-refractivity contribution is 5.82. The molecule has 1 aliphatic carbocycles. The standard InChI is InChI=1S/C22H18FNO3/c23-15-10-11-17-16-8-4-5-9-18(16)22(19(17)12-15,14-6-2-1-3-7-14)27-13-20(24)21(25)26/h1-12,20H,13,24H2,(H,25,26)/t20-,22?/m0/s1. The molecule has 3 aromatic carbocycles. The molecule has 4 rings (SSSR count). The topological polar surface area (TPSA) is 72.5 Å². The third-order valence-corrected chi connectivity index (χ3v) is 4.93. The van der Waals surface area contributed by atoms with Crippen LogP contribution < -0.4 is 5.73 Å². The smallest absolute Gasteiger partial charge is 0.322 e. The van der Waals surface area contributed by atoms with E-state index < -0.39 is 17.6 Å². The van der Waals surface area contributed by atoms with E-state index in [0.717, 1.165) is 22.3 Å². The van der Waals surface area contributed by atoms with E-state index in [0.29, 0.717) is 5.56 Å². The fraction of sp³-hybridized carbons (Fsp3) is 0.136. The van der Waals surface area contributed by atoms with Gasteiger partial charge in [0.25, 0.3) is 0 Å². The average molecular weight is 363 g/mol. The van der Waals surface area contributed by atoms with Crippen molar-refractivity contribution in [2.24, 2.45) is 5.73 Å². The van der Waals surface area contributed by atoms with Crippen LogP contribution in [0, 0.1) is 5.82 Å². The van der Waals surface area contributed by atoms with Gasteiger partial charge in [-0.05, 0) is 28.8 Å². The van der Waals surface area contributed by atoms with Gasteiger partial charge in [-0.25, -0.2) is 4.39 Å². The second kappa shape index (κ2) is 6.61. The van der Waals surface area contributed by atoms with Gasteiger partial charge in [-0.1, -0.05) is 60.7 Å². The highest BCUT2D eigenvalue weighted by Crippen LogP contribution is 2.53. The highest BCUT2D eigenvalue weighted by Gasteiger charge is 2.46. The van der Waals surface area contributed by atoms with E-state index >= 15 is 0 Å². The SMILES string of the molecule is N[C@@H](COC1(c2ccccc2)c2ccccc2-c2ccc(F)cc21)C(=O)O. The first-order valence-corrected chi connectivity index (χ1v) is 8.62. The van der Waals surface area contributed by atoms with Crippen molar-refractivity contribution < 1.29 is 19.0 Å². The Labute approximate surface area is 156 Å². The van der Waals surface area contributed by atoms with Gasteiger partial charge in [-0.3, -0.25) is 4.79 Å². The van der Waals surface area contributed by atoms with Crippen LogP contribution in [-0.4, -0.2) is 23.7 Å². The highest BCUT2D eigenvalue weighted by atomic mass is 19.1. The van der Waals surface area contributed by atoms with Gasteiger partial charge in [-0.2, -0.15) is 0 Å². The molecular formula is C22H18FNO3. The monoisotopic (exact) mass is 363 g/mol. The summed E-state index contributed by atoms with van der Waals surface area (Å²) in [5.74, 6) is -1.53. The van der Waals surface area contributed by atoms with Crippen molar-refractivity contribution in [3.63, 3.8) is 0 Å². The van der Waals surface area contributed by atoms with E-state index in [1.807, 2.05) is 54.6 Å². The minimum Gasteiger partial charge on any atom is -0.480 e. The lowest BCUT2D eigenvalue weighted by Gasteiger charge is -2.33. The lowest BCUT2D eigenvalue weighted by atomic mass is 9.84. The fourth-order valence-corrected chi connectivity index (χ4v) is 3.72. The molecule has 0 fully saturated rings. The Morgan fingerprint density at radius 2 is 1.67 bits per heavy atom. The minimum atomic E-state index is -1.18. The van der Waals surface area contributed by atoms with Gasteiger partial charge in [0, 0.05) is 11.1 Å². The van der Waals surface area contributed by atoms with Gasteiger partial charge < -0.3 is 15.6 Å². The van der Waals surface area contributed by atoms with Gasteiger partial charge in [0.05, 0.1) is 6.61 Å². The summed E-state index contributed by atoms with van der Waals surface area (Å²) >= 11 is 0. The number of carboxylic acid groups (broad SMARTS) is 1. The summed E-state index contributed by atoms with van der Waals surface area (Å²) in [5, 5.41) is 9.18. The maximum Gasteiger partial charge on any atom is 0.322 e. The molecule has 4 nitrogen and oxygen atoms in total. The van der Waals surface area contributed by atoms with Crippen LogP contribution in [0.2, 0.25) is 0 Å². The maximum atomic E-state index is 14.2. The maximum absolute atomic E-state index is 14.2. The van der Waals surface area contributed by atoms with Crippen LogP contribution in [0.1, 0.15) is 16.7 Å². The van der Waals surface area contributed by atoms with Crippen LogP contribution in [0.3, 0.4) is 0 Å². The molecule has 0 heterocycles. The molecule has 0 amide bonds. The van der Waals surface area contributed by atoms with Crippen molar-refractivity contribution in [2.75, 3.05) is 6.61 Å². The largest absolute Gasteiger partial charge is 0.480 e. The second-order valence-electron chi connectivity index (χ2n) is 6.54. The van der Waals surface area contributed by atoms with Gasteiger partial charge >= 0.3 is 5.97 Å². The van der Waals surface area contributed by atoms with Crippen LogP contribution in [-0.2, 0) is 15.1 Å². The Hall–Kier alpha value is -3.02. The first-order chi connectivity index (χ1) is 13.0. The van der Waals surface area contributed by atoms with Gasteiger partial charge in [-0.15, -0.1) is 0 Å². The van der Waals surface area contributed by atoms with E-state index in [-0.39, 0.29) is 12.4 Å². The summed E-state index contributed by atoms with van der Waals surface area (Å²) in [6.45, 7) is -0.214. The summed E-state index contributed by atoms with van der Waals surface area (Å²) in [6.07, 6.45) is 0. The van der Waals surface area contributed by atoms with Crippen LogP contribution in [0.4, 0.5) is 4.39 Å². The summed E-state index contributed by atoms with van der Waals surface area (Å²) in [7, 11) is 0. The van der Waals surface area contributed by atoms with Gasteiger partial charge in [0.2, 0.25) is 0 Å². The third kappa shape index (κ3) is 2.72. The minimum absolute atomic E-state index is 0.214. The molecule has 0 aliphatic heterocycles. The van der Waals surface area contributed by atoms with Crippen molar-refractivity contribution >= 4 is 5.97 Å². The fourth-order valence-electron chi connectivity index (χ4n) is 3.72. The average Bonchev–Trinajstić information content (AvgIpc) is 2.97. The normalized spacial score (nSPS) is 18.6. The quantitative estimate of drug-likeness (QED) is 0.727. The Kier molecular flexibility index (Phi) is 4.26. The van der Waals surface area contributed by atoms with E-state index in [1.165, 1.54) is 12.1 Å². The first-order valence-electron chi connectivity index (χ1n) is 8.62. The van der Waals surface area contributed by atoms with Crippen molar-refractivity contribution in [1.82, 2.24) is 0 Å². The first kappa shape index (κ1) is 17.4. The van der Waals surface area contributed by atoms with Crippen LogP contribution in [0.25, 0.3) is 11.1 Å². The van der Waals surface area contributed by atoms with Crippen molar-refractivity contribution in [3.05, 3.63) is 95.3 Å². The molecular weight excluding hydrogens is 345 g/mol. The van der Waals surface area contributed by atoms with Crippen LogP contribution in [0.15, 0.2) is 72.8 Å². The number of fused-ring (bicyclic) bond motifs is 3. The third-order valence-electron chi connectivity index (χ3n) is 4.93. The molecule has 5 heteroatoms. The number of nitrogens with two attached hydrogens (primary N) is 1. The zero-order valence-corrected chi connectivity index (χ0v) is 14.4. The Morgan fingerprint density at radius 1 is 1.00 bits per heavy atom. The second-order valence-corrected chi connectivity index (χ2v) is 6.54. The Bertz CT molecular complexity index is 1010. The van der Waals surface area contributed by atoms with Crippen LogP contribution in [0.5, 0.6) is 0 Å². The number of benzene rings is 3. The number of halogens is 1. The molecule has 136 valence electrons. The molecule has 0 spiro atoms. The number of carbonyl (C=O) groups is 1. The molecule has 3 N–H and O–H groups in total. The predicted molar refractivity (Wildman–Crippen MR) is 99.7 cm³/mol. The van der Waals surface area contributed by atoms with E-state index in [1.54, 1.807) is 6.07 Å². The van der Waals surface area contributed by atoms with Crippen LogP contribution >= 0.6 is 0 Å². The van der Waals surface area contributed by atoms with Crippen molar-refractivity contribution in [3.8, 4) is 11.1 Å². The molecule has 0 aromatic heterocycles. The van der Waals surface area contributed by atoms with E-state index in [4.69, 9.17) is 10.5 Å². The molecule has 0 radical (unpaired) electrons. The number of ether oxygens (including phenoxy) is 1. The summed E-state index contributed by atoms with van der Waals surface area (Å²) < 4.78 is 20.4. The van der Waals surface area contributed by atoms with Crippen molar-refractivity contribution in [1.29, 1.82) is 0 Å². The summed E-state index contributed by atoms with van der Waals surface area (Å²) in [5.41, 5.74) is 8.65. The number of carboxylic acids is 1. The molecule has 1 aliphatic rings. The summed E-state index contributed by atoms with van der Waals surface area (Å²) in [4.78, 5) is 11.2. The molecule has 27 heavy (non-hydrogen) atoms. The Morgan fingerprint density at radius 3 is 2.41 bits per heavy atom. The molecule has 2 atom stereocenters. The van der Waals surface area contributed by atoms with Gasteiger partial charge in [0.1, 0.15) is 17.5 Å². The molecule has 0 bridgehead atoms. The summed E-state index contributed by atoms with van der Waals surface area (Å²) in [6, 6.07) is 20.5. The van der Waals surface area contributed by atoms with E-state index in [9.17, 15) is 14.3 Å². The molecule has 0 saturated carbocycles. The molecule has 3 aromatic rings. The lowest BCUT2D eigenvalue weighted by molar-refractivity contribution is -0.141. The number of hydrogen-bond donors (Lipinski definition) is 2. The number of hydrogen-bond acceptors (Lipinski definition) is 3. The van der Waals surface area contributed by atoms with Gasteiger partial charge in [0.15, 0.2) is 0 Å². The molecule has 0 saturated heterocycles. The lowest BCUT2D eigenvalue weighted by Crippen LogP contribution is -2.40. The zero-order chi connectivity index (χ0) is 19.0. The van der Waals surface area contributed by atoms with Crippen molar-refractivity contribution in [2.45, 2.75) is 11.6 Å². The molecule has 1 unspecified atom stereocenters. The number of rotatable bonds is 5. The van der Waals surface area contributed by atoms with E-state index in [2.05, 4.69) is 0 Å². The zero-order valence-electron chi connectivity index (χ0n) is 14.4.